The average Bonchev–Trinajstić information content (AvgIpc) is 2.64. The Balaban J connectivity index is 1.94. The lowest BCUT2D eigenvalue weighted by Crippen LogP contribution is -2.53. The van der Waals surface area contributed by atoms with Crippen LogP contribution in [0.4, 0.5) is 0 Å². The van der Waals surface area contributed by atoms with Crippen LogP contribution in [0.25, 0.3) is 0 Å². The van der Waals surface area contributed by atoms with Crippen LogP contribution in [0.2, 0.25) is 0 Å². The summed E-state index contributed by atoms with van der Waals surface area (Å²) in [7, 11) is 0. The molecule has 0 amide bonds. The van der Waals surface area contributed by atoms with Crippen molar-refractivity contribution in [3.8, 4) is 0 Å². The molecule has 0 aliphatic heterocycles. The molecule has 3 aliphatic rings. The van der Waals surface area contributed by atoms with E-state index in [1.54, 1.807) is 19.3 Å². The van der Waals surface area contributed by atoms with E-state index in [1.807, 2.05) is 0 Å². The monoisotopic (exact) mass is 234 g/mol. The van der Waals surface area contributed by atoms with Crippen molar-refractivity contribution in [2.75, 3.05) is 0 Å². The van der Waals surface area contributed by atoms with E-state index < -0.39 is 0 Å². The Hall–Kier alpha value is 0. The lowest BCUT2D eigenvalue weighted by atomic mass is 9.45. The molecule has 0 aromatic heterocycles. The standard InChI is InChI=1S/C17H30/c1-5-8-12-17-13(4)16(17,7-3)14-10-9-11-15(14,17)6-2/h13-14H,5-12H2,1-4H3. The van der Waals surface area contributed by atoms with Crippen molar-refractivity contribution in [1.29, 1.82) is 0 Å². The minimum atomic E-state index is 0.789. The molecule has 0 N–H and O–H groups in total. The van der Waals surface area contributed by atoms with Gasteiger partial charge in [0.2, 0.25) is 0 Å². The van der Waals surface area contributed by atoms with Crippen LogP contribution >= 0.6 is 0 Å². The summed E-state index contributed by atoms with van der Waals surface area (Å²) >= 11 is 0. The number of unbranched alkanes of at least 4 members (excludes halogenated alkanes) is 1. The molecule has 0 bridgehead atoms. The highest BCUT2D eigenvalue weighted by molar-refractivity contribution is 5.39. The van der Waals surface area contributed by atoms with Crippen LogP contribution in [0.1, 0.15) is 79.1 Å². The van der Waals surface area contributed by atoms with E-state index in [0.717, 1.165) is 28.1 Å². The lowest BCUT2D eigenvalue weighted by molar-refractivity contribution is -0.111. The maximum Gasteiger partial charge on any atom is -0.0145 e. The van der Waals surface area contributed by atoms with Crippen LogP contribution in [0.3, 0.4) is 0 Å². The Bertz CT molecular complexity index is 320. The summed E-state index contributed by atoms with van der Waals surface area (Å²) < 4.78 is 0. The highest BCUT2D eigenvalue weighted by atomic mass is 15.0. The Morgan fingerprint density at radius 1 is 1.12 bits per heavy atom. The molecule has 17 heavy (non-hydrogen) atoms. The fourth-order valence-corrected chi connectivity index (χ4v) is 7.39. The lowest BCUT2D eigenvalue weighted by Gasteiger charge is -2.59. The zero-order valence-electron chi connectivity index (χ0n) is 12.3. The second-order valence-electron chi connectivity index (χ2n) is 7.15. The van der Waals surface area contributed by atoms with Crippen molar-refractivity contribution >= 4 is 0 Å². The molecule has 0 radical (unpaired) electrons. The van der Waals surface area contributed by atoms with Crippen molar-refractivity contribution in [1.82, 2.24) is 0 Å². The molecule has 0 spiro atoms. The molecule has 0 aromatic carbocycles. The molecule has 3 rings (SSSR count). The first-order chi connectivity index (χ1) is 8.18. The molecular formula is C17H30. The van der Waals surface area contributed by atoms with Crippen LogP contribution in [-0.2, 0) is 0 Å². The van der Waals surface area contributed by atoms with Crippen LogP contribution in [-0.4, -0.2) is 0 Å². The summed E-state index contributed by atoms with van der Waals surface area (Å²) in [6.07, 6.45) is 12.0. The first kappa shape index (κ1) is 12.1. The van der Waals surface area contributed by atoms with Crippen molar-refractivity contribution in [2.45, 2.75) is 79.1 Å². The fourth-order valence-electron chi connectivity index (χ4n) is 7.39. The third kappa shape index (κ3) is 0.932. The number of fused-ring (bicyclic) bond motifs is 4. The average molecular weight is 234 g/mol. The molecular weight excluding hydrogens is 204 g/mol. The summed E-state index contributed by atoms with van der Waals surface area (Å²) in [5.74, 6) is 2.15. The van der Waals surface area contributed by atoms with E-state index in [-0.39, 0.29) is 0 Å². The Kier molecular flexibility index (Phi) is 2.49. The first-order valence-electron chi connectivity index (χ1n) is 8.18. The van der Waals surface area contributed by atoms with Crippen LogP contribution < -0.4 is 0 Å². The summed E-state index contributed by atoms with van der Waals surface area (Å²) in [5, 5.41) is 0. The number of hydrogen-bond donors (Lipinski definition) is 0. The van der Waals surface area contributed by atoms with Crippen LogP contribution in [0, 0.1) is 28.1 Å². The van der Waals surface area contributed by atoms with E-state index in [0.29, 0.717) is 0 Å². The smallest absolute Gasteiger partial charge is 0.0145 e. The van der Waals surface area contributed by atoms with Gasteiger partial charge >= 0.3 is 0 Å². The molecule has 0 nitrogen and oxygen atoms in total. The van der Waals surface area contributed by atoms with Crippen molar-refractivity contribution in [3.63, 3.8) is 0 Å². The topological polar surface area (TPSA) is 0 Å². The molecule has 5 atom stereocenters. The van der Waals surface area contributed by atoms with E-state index >= 15 is 0 Å². The van der Waals surface area contributed by atoms with Crippen molar-refractivity contribution in [2.24, 2.45) is 28.1 Å². The number of hydrogen-bond acceptors (Lipinski definition) is 0. The van der Waals surface area contributed by atoms with Crippen molar-refractivity contribution in [3.05, 3.63) is 0 Å². The normalized spacial score (nSPS) is 55.1. The van der Waals surface area contributed by atoms with Crippen molar-refractivity contribution < 1.29 is 0 Å². The van der Waals surface area contributed by atoms with Gasteiger partial charge < -0.3 is 0 Å². The predicted molar refractivity (Wildman–Crippen MR) is 73.9 cm³/mol. The third-order valence-electron chi connectivity index (χ3n) is 7.69. The van der Waals surface area contributed by atoms with Gasteiger partial charge in [-0.2, -0.15) is 0 Å². The van der Waals surface area contributed by atoms with E-state index in [1.165, 1.54) is 32.1 Å². The van der Waals surface area contributed by atoms with E-state index in [9.17, 15) is 0 Å². The van der Waals surface area contributed by atoms with E-state index in [4.69, 9.17) is 0 Å². The molecule has 0 heteroatoms. The molecule has 98 valence electrons. The van der Waals surface area contributed by atoms with Crippen LogP contribution in [0.15, 0.2) is 0 Å². The van der Waals surface area contributed by atoms with Gasteiger partial charge in [-0.3, -0.25) is 0 Å². The zero-order valence-corrected chi connectivity index (χ0v) is 12.3. The highest BCUT2D eigenvalue weighted by Gasteiger charge is 2.92. The minimum absolute atomic E-state index is 0.789. The first-order valence-corrected chi connectivity index (χ1v) is 8.18. The largest absolute Gasteiger partial charge is 0.0654 e. The maximum atomic E-state index is 2.59. The van der Waals surface area contributed by atoms with E-state index in [2.05, 4.69) is 27.7 Å². The predicted octanol–water partition coefficient (Wildman–Crippen LogP) is 5.42. The van der Waals surface area contributed by atoms with Gasteiger partial charge in [0.15, 0.2) is 0 Å². The summed E-state index contributed by atoms with van der Waals surface area (Å²) in [5.41, 5.74) is 2.38. The van der Waals surface area contributed by atoms with Crippen LogP contribution in [0.5, 0.6) is 0 Å². The Morgan fingerprint density at radius 3 is 2.47 bits per heavy atom. The van der Waals surface area contributed by atoms with Gasteiger partial charge in [-0.15, -0.1) is 0 Å². The second kappa shape index (κ2) is 3.52. The summed E-state index contributed by atoms with van der Waals surface area (Å²) in [6, 6.07) is 0. The molecule has 3 fully saturated rings. The molecule has 3 aliphatic carbocycles. The Labute approximate surface area is 108 Å². The summed E-state index contributed by atoms with van der Waals surface area (Å²) in [6.45, 7) is 9.91. The molecule has 3 saturated carbocycles. The molecule has 0 aromatic rings. The zero-order chi connectivity index (χ0) is 12.3. The fraction of sp³-hybridized carbons (Fsp3) is 1.00. The third-order valence-corrected chi connectivity index (χ3v) is 7.69. The van der Waals surface area contributed by atoms with Gasteiger partial charge in [0.05, 0.1) is 0 Å². The van der Waals surface area contributed by atoms with Gasteiger partial charge in [0, 0.05) is 0 Å². The maximum absolute atomic E-state index is 2.59. The minimum Gasteiger partial charge on any atom is -0.0654 e. The summed E-state index contributed by atoms with van der Waals surface area (Å²) in [4.78, 5) is 0. The van der Waals surface area contributed by atoms with Gasteiger partial charge in [-0.05, 0) is 60.2 Å². The number of rotatable bonds is 5. The second-order valence-corrected chi connectivity index (χ2v) is 7.15. The Morgan fingerprint density at radius 2 is 1.88 bits per heavy atom. The molecule has 0 heterocycles. The van der Waals surface area contributed by atoms with Gasteiger partial charge in [-0.1, -0.05) is 47.0 Å². The van der Waals surface area contributed by atoms with Gasteiger partial charge in [0.25, 0.3) is 0 Å². The van der Waals surface area contributed by atoms with Gasteiger partial charge in [0.1, 0.15) is 0 Å². The SMILES string of the molecule is CCCCC12C(C)C1(CC)C1CCCC12CC. The molecule has 5 unspecified atom stereocenters. The highest BCUT2D eigenvalue weighted by Crippen LogP contribution is 2.97. The molecule has 0 saturated heterocycles. The van der Waals surface area contributed by atoms with Gasteiger partial charge in [-0.25, -0.2) is 0 Å². The quantitative estimate of drug-likeness (QED) is 0.596.